The Morgan fingerprint density at radius 3 is 1.15 bits per heavy atom. The lowest BCUT2D eigenvalue weighted by molar-refractivity contribution is -0.300. The fourth-order valence-electron chi connectivity index (χ4n) is 5.68. The predicted molar refractivity (Wildman–Crippen MR) is 212 cm³/mol. The second-order valence-corrected chi connectivity index (χ2v) is 14.4. The fourth-order valence-corrected chi connectivity index (χ4v) is 6.08. The third-order valence-corrected chi connectivity index (χ3v) is 9.48. The first-order chi connectivity index (χ1) is 23.4. The molecule has 7 heteroatoms. The van der Waals surface area contributed by atoms with E-state index in [9.17, 15) is 9.59 Å². The first-order valence-electron chi connectivity index (χ1n) is 20.1. The summed E-state index contributed by atoms with van der Waals surface area (Å²) in [7, 11) is 3.86. The minimum atomic E-state index is -1.68. The van der Waals surface area contributed by atoms with Crippen LogP contribution in [0.15, 0.2) is 24.3 Å². The van der Waals surface area contributed by atoms with Crippen LogP contribution in [0.25, 0.3) is 0 Å². The molecule has 48 heavy (non-hydrogen) atoms. The SMILES string of the molecule is CCCCCCCC/C=C\CCCCCCCC(=O)OC(CCN(C)C)(OI)OC(=O)CCCCCCC/C=C\CCCCCCCC. The molecule has 0 rings (SSSR count). The Labute approximate surface area is 311 Å². The van der Waals surface area contributed by atoms with E-state index in [-0.39, 0.29) is 18.4 Å². The molecule has 0 heterocycles. The summed E-state index contributed by atoms with van der Waals surface area (Å²) in [5.74, 6) is -2.43. The molecule has 282 valence electrons. The van der Waals surface area contributed by atoms with Crippen LogP contribution < -0.4 is 0 Å². The highest BCUT2D eigenvalue weighted by molar-refractivity contribution is 14.1. The van der Waals surface area contributed by atoms with E-state index in [1.807, 2.05) is 19.0 Å². The predicted octanol–water partition coefficient (Wildman–Crippen LogP) is 13.1. The van der Waals surface area contributed by atoms with Gasteiger partial charge in [-0.1, -0.05) is 141 Å². The Hall–Kier alpha value is -0.930. The maximum absolute atomic E-state index is 12.8. The third kappa shape index (κ3) is 32.3. The van der Waals surface area contributed by atoms with Crippen molar-refractivity contribution in [3.05, 3.63) is 24.3 Å². The van der Waals surface area contributed by atoms with Crippen molar-refractivity contribution in [3.63, 3.8) is 0 Å². The van der Waals surface area contributed by atoms with Crippen molar-refractivity contribution in [2.75, 3.05) is 20.6 Å². The number of halogens is 1. The molecule has 0 atom stereocenters. The van der Waals surface area contributed by atoms with Crippen LogP contribution in [0, 0.1) is 0 Å². The van der Waals surface area contributed by atoms with Crippen molar-refractivity contribution in [2.24, 2.45) is 0 Å². The highest BCUT2D eigenvalue weighted by Crippen LogP contribution is 2.26. The number of allylic oxidation sites excluding steroid dienone is 4. The fraction of sp³-hybridized carbons (Fsp3) is 0.854. The van der Waals surface area contributed by atoms with Gasteiger partial charge in [0.2, 0.25) is 0 Å². The zero-order valence-electron chi connectivity index (χ0n) is 31.9. The zero-order chi connectivity index (χ0) is 35.4. The molecule has 0 aliphatic rings. The number of carbonyl (C=O) groups is 2. The number of hydrogen-bond acceptors (Lipinski definition) is 6. The van der Waals surface area contributed by atoms with Gasteiger partial charge in [-0.15, -0.1) is 0 Å². The smallest absolute Gasteiger partial charge is 0.386 e. The lowest BCUT2D eigenvalue weighted by atomic mass is 10.1. The second kappa shape index (κ2) is 35.9. The molecule has 0 aliphatic heterocycles. The standard InChI is InChI=1S/C41H76INO5/c1-5-7-9-11-13-15-17-19-21-23-25-27-29-31-33-35-39(44)46-41(48-42,37-38-43(3)4)47-40(45)36-34-32-30-28-26-24-22-20-18-16-14-12-10-8-6-2/h19-22H,5-18,23-38H2,1-4H3/b21-19-,22-20-. The lowest BCUT2D eigenvalue weighted by Crippen LogP contribution is -2.43. The van der Waals surface area contributed by atoms with E-state index in [1.54, 1.807) is 23.0 Å². The van der Waals surface area contributed by atoms with E-state index < -0.39 is 5.97 Å². The molecular formula is C41H76INO5. The molecule has 0 saturated heterocycles. The minimum Gasteiger partial charge on any atom is -0.397 e. The van der Waals surface area contributed by atoms with Gasteiger partial charge in [0, 0.05) is 19.4 Å². The summed E-state index contributed by atoms with van der Waals surface area (Å²) < 4.78 is 16.9. The van der Waals surface area contributed by atoms with Gasteiger partial charge < -0.3 is 14.4 Å². The number of hydrogen-bond donors (Lipinski definition) is 0. The summed E-state index contributed by atoms with van der Waals surface area (Å²) in [6, 6.07) is 0. The van der Waals surface area contributed by atoms with Gasteiger partial charge in [-0.25, -0.2) is 3.07 Å². The van der Waals surface area contributed by atoms with Crippen LogP contribution in [-0.4, -0.2) is 43.5 Å². The van der Waals surface area contributed by atoms with Gasteiger partial charge in [-0.2, -0.15) is 0 Å². The van der Waals surface area contributed by atoms with E-state index in [4.69, 9.17) is 12.5 Å². The van der Waals surface area contributed by atoms with Crippen LogP contribution in [0.2, 0.25) is 0 Å². The summed E-state index contributed by atoms with van der Waals surface area (Å²) in [4.78, 5) is 27.5. The molecule has 0 amide bonds. The molecule has 0 N–H and O–H groups in total. The zero-order valence-corrected chi connectivity index (χ0v) is 34.0. The Morgan fingerprint density at radius 2 is 0.833 bits per heavy atom. The Morgan fingerprint density at radius 1 is 0.521 bits per heavy atom. The van der Waals surface area contributed by atoms with Crippen LogP contribution in [0.1, 0.15) is 200 Å². The van der Waals surface area contributed by atoms with Gasteiger partial charge in [0.1, 0.15) is 23.0 Å². The number of carbonyl (C=O) groups excluding carboxylic acids is 2. The average molecular weight is 790 g/mol. The minimum absolute atomic E-state index is 0.263. The second-order valence-electron chi connectivity index (χ2n) is 13.9. The molecule has 0 bridgehead atoms. The van der Waals surface area contributed by atoms with Gasteiger partial charge in [0.05, 0.1) is 6.42 Å². The number of esters is 2. The van der Waals surface area contributed by atoms with Gasteiger partial charge >= 0.3 is 17.9 Å². The Kier molecular flexibility index (Phi) is 35.2. The van der Waals surface area contributed by atoms with Crippen molar-refractivity contribution in [1.29, 1.82) is 0 Å². The summed E-state index contributed by atoms with van der Waals surface area (Å²) in [6.07, 6.45) is 41.6. The summed E-state index contributed by atoms with van der Waals surface area (Å²) in [5.41, 5.74) is 0. The molecule has 6 nitrogen and oxygen atoms in total. The summed E-state index contributed by atoms with van der Waals surface area (Å²) in [6.45, 7) is 5.08. The highest BCUT2D eigenvalue weighted by atomic mass is 127. The first-order valence-corrected chi connectivity index (χ1v) is 20.9. The van der Waals surface area contributed by atoms with E-state index in [0.717, 1.165) is 51.4 Å². The van der Waals surface area contributed by atoms with Crippen LogP contribution in [0.5, 0.6) is 0 Å². The van der Waals surface area contributed by atoms with Crippen LogP contribution >= 0.6 is 23.0 Å². The number of rotatable bonds is 36. The van der Waals surface area contributed by atoms with Crippen LogP contribution in [-0.2, 0) is 22.1 Å². The van der Waals surface area contributed by atoms with Crippen LogP contribution in [0.3, 0.4) is 0 Å². The highest BCUT2D eigenvalue weighted by Gasteiger charge is 2.40. The molecule has 0 saturated carbocycles. The molecule has 0 aromatic rings. The van der Waals surface area contributed by atoms with E-state index in [2.05, 4.69) is 38.2 Å². The topological polar surface area (TPSA) is 65.1 Å². The Balaban J connectivity index is 4.16. The lowest BCUT2D eigenvalue weighted by Gasteiger charge is -2.30. The number of nitrogens with zero attached hydrogens (tertiary/aromatic N) is 1. The van der Waals surface area contributed by atoms with Crippen molar-refractivity contribution in [1.82, 2.24) is 4.90 Å². The number of unbranched alkanes of at least 4 members (excludes halogenated alkanes) is 22. The third-order valence-electron chi connectivity index (χ3n) is 8.81. The largest absolute Gasteiger partial charge is 0.397 e. The van der Waals surface area contributed by atoms with Crippen molar-refractivity contribution in [2.45, 2.75) is 206 Å². The van der Waals surface area contributed by atoms with Crippen molar-refractivity contribution in [3.8, 4) is 0 Å². The molecular weight excluding hydrogens is 713 g/mol. The molecule has 0 unspecified atom stereocenters. The summed E-state index contributed by atoms with van der Waals surface area (Å²) >= 11 is 1.69. The van der Waals surface area contributed by atoms with Crippen molar-refractivity contribution < 1.29 is 22.1 Å². The van der Waals surface area contributed by atoms with E-state index in [0.29, 0.717) is 19.4 Å². The van der Waals surface area contributed by atoms with Gasteiger partial charge in [-0.05, 0) is 78.3 Å². The normalized spacial score (nSPS) is 12.1. The maximum Gasteiger partial charge on any atom is 0.386 e. The summed E-state index contributed by atoms with van der Waals surface area (Å²) in [5, 5.41) is 0. The molecule has 0 spiro atoms. The van der Waals surface area contributed by atoms with Gasteiger partial charge in [-0.3, -0.25) is 9.59 Å². The van der Waals surface area contributed by atoms with Crippen molar-refractivity contribution >= 4 is 34.9 Å². The van der Waals surface area contributed by atoms with E-state index in [1.165, 1.54) is 116 Å². The van der Waals surface area contributed by atoms with Crippen LogP contribution in [0.4, 0.5) is 0 Å². The molecule has 0 aliphatic carbocycles. The molecule has 0 radical (unpaired) electrons. The molecule has 0 aromatic heterocycles. The number of ether oxygens (including phenoxy) is 2. The maximum atomic E-state index is 12.8. The first kappa shape index (κ1) is 47.1. The molecule has 0 aromatic carbocycles. The van der Waals surface area contributed by atoms with Gasteiger partial charge in [0.15, 0.2) is 0 Å². The quantitative estimate of drug-likeness (QED) is 0.0207. The monoisotopic (exact) mass is 789 g/mol. The average Bonchev–Trinajstić information content (AvgIpc) is 3.07. The van der Waals surface area contributed by atoms with E-state index >= 15 is 0 Å². The van der Waals surface area contributed by atoms with Gasteiger partial charge in [0.25, 0.3) is 0 Å². The Bertz CT molecular complexity index is 731. The molecule has 0 fully saturated rings.